The van der Waals surface area contributed by atoms with Crippen molar-refractivity contribution in [1.82, 2.24) is 9.55 Å². The molecule has 0 spiro atoms. The van der Waals surface area contributed by atoms with Crippen molar-refractivity contribution in [3.8, 4) is 0 Å². The van der Waals surface area contributed by atoms with Gasteiger partial charge in [0.05, 0.1) is 12.7 Å². The predicted octanol–water partition coefficient (Wildman–Crippen LogP) is -1.41. The topological polar surface area (TPSA) is 131 Å². The van der Waals surface area contributed by atoms with Crippen molar-refractivity contribution in [2.75, 3.05) is 13.2 Å². The molecule has 1 saturated heterocycles. The quantitative estimate of drug-likeness (QED) is 0.609. The lowest BCUT2D eigenvalue weighted by molar-refractivity contribution is -0.146. The van der Waals surface area contributed by atoms with Gasteiger partial charge in [-0.15, -0.1) is 0 Å². The van der Waals surface area contributed by atoms with E-state index in [-0.39, 0.29) is 13.0 Å². The monoisotopic (exact) mass is 300 g/mol. The number of hydrogen-bond donors (Lipinski definition) is 3. The summed E-state index contributed by atoms with van der Waals surface area (Å²) in [5, 5.41) is 17.8. The molecule has 1 aromatic rings. The summed E-state index contributed by atoms with van der Waals surface area (Å²) in [5.74, 6) is -1.13. The zero-order valence-corrected chi connectivity index (χ0v) is 11.3. The molecule has 2 heterocycles. The second-order valence-electron chi connectivity index (χ2n) is 4.77. The van der Waals surface area contributed by atoms with Gasteiger partial charge in [-0.05, 0) is 6.92 Å². The number of carboxylic acid groups (broad SMARTS) is 1. The van der Waals surface area contributed by atoms with Crippen LogP contribution < -0.4 is 11.2 Å². The van der Waals surface area contributed by atoms with Crippen LogP contribution in [0.1, 0.15) is 18.2 Å². The molecule has 0 amide bonds. The molecule has 3 atom stereocenters. The second kappa shape index (κ2) is 6.20. The number of nitrogens with zero attached hydrogens (tertiary/aromatic N) is 1. The number of hydrogen-bond acceptors (Lipinski definition) is 6. The average Bonchev–Trinajstić information content (AvgIpc) is 2.83. The van der Waals surface area contributed by atoms with Crippen molar-refractivity contribution < 1.29 is 24.5 Å². The first kappa shape index (κ1) is 15.4. The van der Waals surface area contributed by atoms with Crippen LogP contribution in [0.3, 0.4) is 0 Å². The Bertz CT molecular complexity index is 635. The third-order valence-corrected chi connectivity index (χ3v) is 3.24. The van der Waals surface area contributed by atoms with Crippen LogP contribution in [0.4, 0.5) is 0 Å². The first-order valence-corrected chi connectivity index (χ1v) is 6.34. The minimum atomic E-state index is -1.13. The number of aliphatic carboxylic acids is 1. The molecule has 0 aromatic carbocycles. The van der Waals surface area contributed by atoms with E-state index >= 15 is 0 Å². The minimum Gasteiger partial charge on any atom is -0.480 e. The predicted molar refractivity (Wildman–Crippen MR) is 69.0 cm³/mol. The Morgan fingerprint density at radius 3 is 2.90 bits per heavy atom. The van der Waals surface area contributed by atoms with Crippen LogP contribution in [0.2, 0.25) is 0 Å². The lowest BCUT2D eigenvalue weighted by atomic mass is 10.2. The zero-order chi connectivity index (χ0) is 15.6. The lowest BCUT2D eigenvalue weighted by Crippen LogP contribution is -2.33. The van der Waals surface area contributed by atoms with Crippen molar-refractivity contribution in [3.63, 3.8) is 0 Å². The summed E-state index contributed by atoms with van der Waals surface area (Å²) in [5.41, 5.74) is -0.772. The van der Waals surface area contributed by atoms with Gasteiger partial charge in [0.15, 0.2) is 0 Å². The van der Waals surface area contributed by atoms with Gasteiger partial charge in [0, 0.05) is 18.2 Å². The third-order valence-electron chi connectivity index (χ3n) is 3.24. The standard InChI is InChI=1S/C12H16N2O7/c1-6-3-14(12(19)13-11(6)18)9-2-7(8(4-15)21-9)20-5-10(16)17/h3,7-9,15H,2,4-5H2,1H3,(H,16,17)(H,13,18,19)/t7-,8+,9+/m0/s1. The molecule has 0 unspecified atom stereocenters. The molecule has 116 valence electrons. The Balaban J connectivity index is 2.19. The summed E-state index contributed by atoms with van der Waals surface area (Å²) in [6.07, 6.45) is -0.545. The van der Waals surface area contributed by atoms with E-state index < -0.39 is 42.3 Å². The van der Waals surface area contributed by atoms with Gasteiger partial charge in [-0.3, -0.25) is 14.3 Å². The molecule has 2 rings (SSSR count). The van der Waals surface area contributed by atoms with Crippen molar-refractivity contribution in [1.29, 1.82) is 0 Å². The van der Waals surface area contributed by atoms with Crippen LogP contribution in [0.5, 0.6) is 0 Å². The van der Waals surface area contributed by atoms with Crippen LogP contribution in [0, 0.1) is 6.92 Å². The Labute approximate surface area is 118 Å². The SMILES string of the molecule is Cc1cn([C@H]2C[C@H](OCC(=O)O)[C@@H](CO)O2)c(=O)[nH]c1=O. The fourth-order valence-electron chi connectivity index (χ4n) is 2.19. The summed E-state index contributed by atoms with van der Waals surface area (Å²) < 4.78 is 11.8. The number of aromatic nitrogens is 2. The number of H-pyrrole nitrogens is 1. The smallest absolute Gasteiger partial charge is 0.330 e. The Morgan fingerprint density at radius 2 is 2.29 bits per heavy atom. The molecule has 1 aliphatic rings. The highest BCUT2D eigenvalue weighted by Crippen LogP contribution is 2.29. The van der Waals surface area contributed by atoms with Crippen LogP contribution in [-0.4, -0.2) is 51.2 Å². The molecule has 1 aliphatic heterocycles. The Morgan fingerprint density at radius 1 is 1.57 bits per heavy atom. The molecule has 21 heavy (non-hydrogen) atoms. The van der Waals surface area contributed by atoms with Crippen LogP contribution in [0.15, 0.2) is 15.8 Å². The third kappa shape index (κ3) is 3.38. The number of rotatable bonds is 5. The molecule has 0 bridgehead atoms. The van der Waals surface area contributed by atoms with Crippen LogP contribution in [-0.2, 0) is 14.3 Å². The molecule has 0 aliphatic carbocycles. The molecule has 9 nitrogen and oxygen atoms in total. The molecule has 0 radical (unpaired) electrons. The maximum Gasteiger partial charge on any atom is 0.330 e. The van der Waals surface area contributed by atoms with Gasteiger partial charge in [-0.2, -0.15) is 0 Å². The molecule has 1 fully saturated rings. The van der Waals surface area contributed by atoms with Gasteiger partial charge in [0.1, 0.15) is 18.9 Å². The maximum absolute atomic E-state index is 11.8. The van der Waals surface area contributed by atoms with Gasteiger partial charge in [0.25, 0.3) is 5.56 Å². The summed E-state index contributed by atoms with van der Waals surface area (Å²) >= 11 is 0. The fraction of sp³-hybridized carbons (Fsp3) is 0.583. The normalized spacial score (nSPS) is 25.1. The zero-order valence-electron chi connectivity index (χ0n) is 11.3. The molecule has 0 saturated carbocycles. The van der Waals surface area contributed by atoms with E-state index in [0.29, 0.717) is 5.56 Å². The molecular formula is C12H16N2O7. The number of aliphatic hydroxyl groups excluding tert-OH is 1. The van der Waals surface area contributed by atoms with Crippen LogP contribution >= 0.6 is 0 Å². The van der Waals surface area contributed by atoms with Crippen molar-refractivity contribution in [2.45, 2.75) is 31.8 Å². The molecular weight excluding hydrogens is 284 g/mol. The van der Waals surface area contributed by atoms with Gasteiger partial charge in [0.2, 0.25) is 0 Å². The number of carbonyl (C=O) groups is 1. The Hall–Kier alpha value is -1.97. The number of carboxylic acids is 1. The minimum absolute atomic E-state index is 0.198. The van der Waals surface area contributed by atoms with E-state index in [1.807, 2.05) is 0 Å². The number of aromatic amines is 1. The summed E-state index contributed by atoms with van der Waals surface area (Å²) in [4.78, 5) is 35.8. The van der Waals surface area contributed by atoms with Gasteiger partial charge in [-0.1, -0.05) is 0 Å². The number of ether oxygens (including phenoxy) is 2. The van der Waals surface area contributed by atoms with Crippen molar-refractivity contribution >= 4 is 5.97 Å². The highest BCUT2D eigenvalue weighted by atomic mass is 16.6. The van der Waals surface area contributed by atoms with Crippen LogP contribution in [0.25, 0.3) is 0 Å². The van der Waals surface area contributed by atoms with Crippen molar-refractivity contribution in [3.05, 3.63) is 32.6 Å². The lowest BCUT2D eigenvalue weighted by Gasteiger charge is -2.15. The van der Waals surface area contributed by atoms with E-state index in [0.717, 1.165) is 0 Å². The average molecular weight is 300 g/mol. The highest BCUT2D eigenvalue weighted by Gasteiger charge is 2.37. The van der Waals surface area contributed by atoms with Gasteiger partial charge in [-0.25, -0.2) is 9.59 Å². The second-order valence-corrected chi connectivity index (χ2v) is 4.77. The van der Waals surface area contributed by atoms with Gasteiger partial charge < -0.3 is 19.7 Å². The summed E-state index contributed by atoms with van der Waals surface area (Å²) in [6, 6.07) is 0. The molecule has 9 heteroatoms. The van der Waals surface area contributed by atoms with E-state index in [1.54, 1.807) is 6.92 Å². The molecule has 1 aromatic heterocycles. The number of aryl methyl sites for hydroxylation is 1. The number of nitrogens with one attached hydrogen (secondary N) is 1. The van der Waals surface area contributed by atoms with Gasteiger partial charge >= 0.3 is 11.7 Å². The first-order chi connectivity index (χ1) is 9.92. The maximum atomic E-state index is 11.8. The largest absolute Gasteiger partial charge is 0.480 e. The summed E-state index contributed by atoms with van der Waals surface area (Å²) in [7, 11) is 0. The van der Waals surface area contributed by atoms with E-state index in [4.69, 9.17) is 14.6 Å². The summed E-state index contributed by atoms with van der Waals surface area (Å²) in [6.45, 7) is 0.667. The van der Waals surface area contributed by atoms with E-state index in [9.17, 15) is 19.5 Å². The fourth-order valence-corrected chi connectivity index (χ4v) is 2.19. The molecule has 3 N–H and O–H groups in total. The van der Waals surface area contributed by atoms with Crippen molar-refractivity contribution in [2.24, 2.45) is 0 Å². The van der Waals surface area contributed by atoms with E-state index in [2.05, 4.69) is 4.98 Å². The number of aliphatic hydroxyl groups is 1. The van der Waals surface area contributed by atoms with E-state index in [1.165, 1.54) is 10.8 Å². The Kier molecular flexibility index (Phi) is 4.56. The highest BCUT2D eigenvalue weighted by molar-refractivity contribution is 5.68. The first-order valence-electron chi connectivity index (χ1n) is 6.34.